The van der Waals surface area contributed by atoms with Crippen molar-refractivity contribution in [2.45, 2.75) is 65.1 Å². The number of benzene rings is 3. The molecule has 1 atom stereocenters. The van der Waals surface area contributed by atoms with Gasteiger partial charge in [-0.2, -0.15) is 0 Å². The summed E-state index contributed by atoms with van der Waals surface area (Å²) in [5, 5.41) is 3.61. The van der Waals surface area contributed by atoms with Crippen LogP contribution >= 0.6 is 11.6 Å². The van der Waals surface area contributed by atoms with Gasteiger partial charge in [0.15, 0.2) is 6.61 Å². The number of carbonyl (C=O) groups is 2. The molecule has 0 bridgehead atoms. The molecule has 3 aromatic carbocycles. The van der Waals surface area contributed by atoms with Crippen molar-refractivity contribution in [2.24, 2.45) is 0 Å². The Hall–Kier alpha value is -3.31. The van der Waals surface area contributed by atoms with Crippen LogP contribution in [0.1, 0.15) is 51.3 Å². The second-order valence-corrected chi connectivity index (χ2v) is 11.0. The van der Waals surface area contributed by atoms with E-state index >= 15 is 0 Å². The normalized spacial score (nSPS) is 12.2. The highest BCUT2D eigenvalue weighted by atomic mass is 35.5. The number of hydrogen-bond donors (Lipinski definition) is 1. The van der Waals surface area contributed by atoms with Crippen LogP contribution in [0.2, 0.25) is 5.02 Å². The topological polar surface area (TPSA) is 58.6 Å². The molecule has 2 amide bonds. The lowest BCUT2D eigenvalue weighted by atomic mass is 9.87. The molecule has 0 saturated carbocycles. The molecule has 0 aliphatic heterocycles. The van der Waals surface area contributed by atoms with Gasteiger partial charge in [0.05, 0.1) is 0 Å². The van der Waals surface area contributed by atoms with Gasteiger partial charge in [-0.1, -0.05) is 87.0 Å². The number of nitrogens with one attached hydrogen (secondary N) is 1. The van der Waals surface area contributed by atoms with E-state index in [2.05, 4.69) is 26.1 Å². The minimum absolute atomic E-state index is 0.0260. The third kappa shape index (κ3) is 8.64. The Kier molecular flexibility index (Phi) is 9.76. The van der Waals surface area contributed by atoms with Crippen LogP contribution in [0.4, 0.5) is 0 Å². The molecular weight excluding hydrogens is 484 g/mol. The summed E-state index contributed by atoms with van der Waals surface area (Å²) in [5.41, 5.74) is 3.06. The van der Waals surface area contributed by atoms with E-state index in [9.17, 15) is 9.59 Å². The summed E-state index contributed by atoms with van der Waals surface area (Å²) in [4.78, 5) is 28.6. The molecule has 0 unspecified atom stereocenters. The molecule has 37 heavy (non-hydrogen) atoms. The first-order chi connectivity index (χ1) is 17.5. The summed E-state index contributed by atoms with van der Waals surface area (Å²) in [5.74, 6) is 0.143. The van der Waals surface area contributed by atoms with Crippen LogP contribution in [0.5, 0.6) is 5.75 Å². The van der Waals surface area contributed by atoms with Gasteiger partial charge in [-0.3, -0.25) is 9.59 Å². The third-order valence-electron chi connectivity index (χ3n) is 6.05. The predicted molar refractivity (Wildman–Crippen MR) is 150 cm³/mol. The number of carbonyl (C=O) groups excluding carboxylic acids is 2. The lowest BCUT2D eigenvalue weighted by molar-refractivity contribution is -0.143. The Labute approximate surface area is 225 Å². The summed E-state index contributed by atoms with van der Waals surface area (Å²) < 4.78 is 5.89. The Balaban J connectivity index is 1.87. The number of amides is 2. The molecule has 0 aromatic heterocycles. The van der Waals surface area contributed by atoms with Gasteiger partial charge in [0.1, 0.15) is 11.8 Å². The number of nitrogens with zero attached hydrogens (tertiary/aromatic N) is 1. The molecule has 0 radical (unpaired) electrons. The van der Waals surface area contributed by atoms with E-state index in [-0.39, 0.29) is 36.4 Å². The molecule has 0 fully saturated rings. The van der Waals surface area contributed by atoms with E-state index in [0.29, 0.717) is 17.2 Å². The van der Waals surface area contributed by atoms with E-state index in [1.165, 1.54) is 5.56 Å². The van der Waals surface area contributed by atoms with Crippen molar-refractivity contribution in [3.05, 3.63) is 101 Å². The van der Waals surface area contributed by atoms with Gasteiger partial charge in [0, 0.05) is 24.0 Å². The van der Waals surface area contributed by atoms with Gasteiger partial charge < -0.3 is 15.0 Å². The molecule has 3 aromatic rings. The van der Waals surface area contributed by atoms with Crippen molar-refractivity contribution in [2.75, 3.05) is 6.61 Å². The molecular formula is C31H37ClN2O3. The lowest BCUT2D eigenvalue weighted by Gasteiger charge is -2.32. The highest BCUT2D eigenvalue weighted by molar-refractivity contribution is 6.30. The SMILES string of the molecule is CC(C)NC(=O)[C@H](Cc1ccccc1)N(Cc1ccc(Cl)cc1)C(=O)COc1ccc(C(C)(C)C)cc1. The van der Waals surface area contributed by atoms with Gasteiger partial charge in [-0.25, -0.2) is 0 Å². The Morgan fingerprint density at radius 2 is 1.51 bits per heavy atom. The van der Waals surface area contributed by atoms with E-state index in [4.69, 9.17) is 16.3 Å². The van der Waals surface area contributed by atoms with Gasteiger partial charge >= 0.3 is 0 Å². The quantitative estimate of drug-likeness (QED) is 0.347. The van der Waals surface area contributed by atoms with Crippen LogP contribution in [0.25, 0.3) is 0 Å². The van der Waals surface area contributed by atoms with E-state index in [1.54, 1.807) is 17.0 Å². The highest BCUT2D eigenvalue weighted by Crippen LogP contribution is 2.24. The molecule has 0 saturated heterocycles. The number of ether oxygens (including phenoxy) is 1. The maximum absolute atomic E-state index is 13.6. The minimum Gasteiger partial charge on any atom is -0.484 e. The van der Waals surface area contributed by atoms with Crippen molar-refractivity contribution >= 4 is 23.4 Å². The van der Waals surface area contributed by atoms with E-state index in [1.807, 2.05) is 80.6 Å². The van der Waals surface area contributed by atoms with Crippen LogP contribution in [0, 0.1) is 0 Å². The summed E-state index contributed by atoms with van der Waals surface area (Å²) in [7, 11) is 0. The van der Waals surface area contributed by atoms with Crippen LogP contribution in [0.3, 0.4) is 0 Å². The van der Waals surface area contributed by atoms with Crippen LogP contribution < -0.4 is 10.1 Å². The monoisotopic (exact) mass is 520 g/mol. The van der Waals surface area contributed by atoms with Crippen molar-refractivity contribution in [1.82, 2.24) is 10.2 Å². The van der Waals surface area contributed by atoms with Crippen LogP contribution in [0.15, 0.2) is 78.9 Å². The number of hydrogen-bond acceptors (Lipinski definition) is 3. The second-order valence-electron chi connectivity index (χ2n) is 10.6. The fourth-order valence-corrected chi connectivity index (χ4v) is 4.13. The molecule has 0 aliphatic rings. The van der Waals surface area contributed by atoms with Crippen molar-refractivity contribution in [3.63, 3.8) is 0 Å². The zero-order chi connectivity index (χ0) is 27.0. The molecule has 0 spiro atoms. The number of rotatable bonds is 10. The Morgan fingerprint density at radius 3 is 2.08 bits per heavy atom. The molecule has 5 nitrogen and oxygen atoms in total. The summed E-state index contributed by atoms with van der Waals surface area (Å²) in [6.07, 6.45) is 0.388. The minimum atomic E-state index is -0.708. The van der Waals surface area contributed by atoms with Crippen molar-refractivity contribution < 1.29 is 14.3 Å². The van der Waals surface area contributed by atoms with Crippen LogP contribution in [-0.4, -0.2) is 35.4 Å². The fraction of sp³-hybridized carbons (Fsp3) is 0.355. The van der Waals surface area contributed by atoms with Gasteiger partial charge in [0.2, 0.25) is 5.91 Å². The first-order valence-corrected chi connectivity index (χ1v) is 13.0. The predicted octanol–water partition coefficient (Wildman–Crippen LogP) is 6.18. The lowest BCUT2D eigenvalue weighted by Crippen LogP contribution is -2.52. The second kappa shape index (κ2) is 12.8. The molecule has 6 heteroatoms. The van der Waals surface area contributed by atoms with Gasteiger partial charge in [-0.15, -0.1) is 0 Å². The Bertz CT molecular complexity index is 1150. The largest absolute Gasteiger partial charge is 0.484 e. The smallest absolute Gasteiger partial charge is 0.261 e. The number of halogens is 1. The molecule has 196 valence electrons. The zero-order valence-electron chi connectivity index (χ0n) is 22.3. The molecule has 0 aliphatic carbocycles. The zero-order valence-corrected chi connectivity index (χ0v) is 23.1. The summed E-state index contributed by atoms with van der Waals surface area (Å²) in [6, 6.07) is 24.1. The standard InChI is InChI=1S/C31H37ClN2O3/c1-22(2)33-30(36)28(19-23-9-7-6-8-10-23)34(20-24-11-15-26(32)16-12-24)29(35)21-37-27-17-13-25(14-18-27)31(3,4)5/h6-18,22,28H,19-21H2,1-5H3,(H,33,36)/t28-/m0/s1. The summed E-state index contributed by atoms with van der Waals surface area (Å²) >= 11 is 6.08. The molecule has 3 rings (SSSR count). The third-order valence-corrected chi connectivity index (χ3v) is 6.30. The summed E-state index contributed by atoms with van der Waals surface area (Å²) in [6.45, 7) is 10.3. The van der Waals surface area contributed by atoms with Crippen LogP contribution in [-0.2, 0) is 28.0 Å². The van der Waals surface area contributed by atoms with Crippen molar-refractivity contribution in [1.29, 1.82) is 0 Å². The first kappa shape index (κ1) is 28.3. The van der Waals surface area contributed by atoms with Gasteiger partial charge in [-0.05, 0) is 60.2 Å². The Morgan fingerprint density at radius 1 is 0.892 bits per heavy atom. The maximum atomic E-state index is 13.6. The fourth-order valence-electron chi connectivity index (χ4n) is 4.00. The van der Waals surface area contributed by atoms with E-state index < -0.39 is 6.04 Å². The van der Waals surface area contributed by atoms with Crippen molar-refractivity contribution in [3.8, 4) is 5.75 Å². The van der Waals surface area contributed by atoms with E-state index in [0.717, 1.165) is 11.1 Å². The average molecular weight is 521 g/mol. The molecule has 0 heterocycles. The van der Waals surface area contributed by atoms with Gasteiger partial charge in [0.25, 0.3) is 5.91 Å². The highest BCUT2D eigenvalue weighted by Gasteiger charge is 2.31. The molecule has 1 N–H and O–H groups in total. The first-order valence-electron chi connectivity index (χ1n) is 12.6. The average Bonchev–Trinajstić information content (AvgIpc) is 2.85. The maximum Gasteiger partial charge on any atom is 0.261 e.